The fourth-order valence-electron chi connectivity index (χ4n) is 5.25. The van der Waals surface area contributed by atoms with Crippen LogP contribution in [0.4, 0.5) is 10.5 Å². The number of likely N-dealkylation sites (tertiary alicyclic amines) is 1. The topological polar surface area (TPSA) is 107 Å². The van der Waals surface area contributed by atoms with Crippen molar-refractivity contribution in [2.75, 3.05) is 25.0 Å². The molecule has 9 heteroatoms. The van der Waals surface area contributed by atoms with Crippen LogP contribution in [0.25, 0.3) is 0 Å². The molecule has 4 rings (SSSR count). The number of rotatable bonds is 9. The molecule has 222 valence electrons. The molecule has 0 saturated carbocycles. The Morgan fingerprint density at radius 1 is 1.10 bits per heavy atom. The first-order chi connectivity index (χ1) is 19.6. The summed E-state index contributed by atoms with van der Waals surface area (Å²) in [6.45, 7) is 12.7. The van der Waals surface area contributed by atoms with E-state index >= 15 is 0 Å². The highest BCUT2D eigenvalue weighted by atomic mass is 16.7. The molecule has 0 spiro atoms. The Hall–Kier alpha value is -3.24. The van der Waals surface area contributed by atoms with Crippen LogP contribution in [0.1, 0.15) is 69.6 Å². The van der Waals surface area contributed by atoms with Crippen molar-refractivity contribution in [1.82, 2.24) is 4.90 Å². The molecule has 0 aliphatic carbocycles. The van der Waals surface area contributed by atoms with Gasteiger partial charge in [0, 0.05) is 23.7 Å². The second-order valence-corrected chi connectivity index (χ2v) is 11.6. The minimum atomic E-state index is -0.664. The summed E-state index contributed by atoms with van der Waals surface area (Å²) in [4.78, 5) is 27.1. The van der Waals surface area contributed by atoms with Gasteiger partial charge in [-0.2, -0.15) is 0 Å². The van der Waals surface area contributed by atoms with E-state index in [4.69, 9.17) is 18.9 Å². The van der Waals surface area contributed by atoms with Crippen LogP contribution in [0.15, 0.2) is 61.2 Å². The van der Waals surface area contributed by atoms with Gasteiger partial charge in [-0.3, -0.25) is 15.0 Å². The number of amides is 1. The summed E-state index contributed by atoms with van der Waals surface area (Å²) in [5, 5.41) is 12.2. The van der Waals surface area contributed by atoms with Gasteiger partial charge in [-0.15, -0.1) is 0 Å². The van der Waals surface area contributed by atoms with Crippen LogP contribution in [-0.4, -0.2) is 59.5 Å². The molecule has 41 heavy (non-hydrogen) atoms. The van der Waals surface area contributed by atoms with E-state index in [-0.39, 0.29) is 43.4 Å². The summed E-state index contributed by atoms with van der Waals surface area (Å²) in [5.74, 6) is -0.219. The van der Waals surface area contributed by atoms with Gasteiger partial charge in [0.05, 0.1) is 18.8 Å². The monoisotopic (exact) mass is 566 g/mol. The number of hydrogen-bond donors (Lipinski definition) is 2. The van der Waals surface area contributed by atoms with Crippen LogP contribution in [0, 0.1) is 5.92 Å². The molecule has 0 bridgehead atoms. The van der Waals surface area contributed by atoms with Crippen molar-refractivity contribution < 1.29 is 33.6 Å². The number of aliphatic hydroxyl groups excluding tert-OH is 1. The van der Waals surface area contributed by atoms with Gasteiger partial charge in [0.15, 0.2) is 6.29 Å². The maximum atomic E-state index is 13.0. The third-order valence-corrected chi connectivity index (χ3v) is 7.34. The first kappa shape index (κ1) is 30.7. The minimum Gasteiger partial charge on any atom is -0.459 e. The fraction of sp³-hybridized carbons (Fsp3) is 0.500. The van der Waals surface area contributed by atoms with Crippen LogP contribution in [0.2, 0.25) is 0 Å². The summed E-state index contributed by atoms with van der Waals surface area (Å²) in [7, 11) is 0. The summed E-state index contributed by atoms with van der Waals surface area (Å²) < 4.78 is 23.8. The Labute approximate surface area is 242 Å². The molecule has 2 fully saturated rings. The molecule has 2 saturated heterocycles. The van der Waals surface area contributed by atoms with E-state index in [9.17, 15) is 14.7 Å². The summed E-state index contributed by atoms with van der Waals surface area (Å²) >= 11 is 0. The number of benzene rings is 2. The number of carbonyl (C=O) groups excluding carboxylic acids is 2. The first-order valence-corrected chi connectivity index (χ1v) is 14.2. The lowest BCUT2D eigenvalue weighted by atomic mass is 9.90. The second kappa shape index (κ2) is 13.6. The van der Waals surface area contributed by atoms with E-state index in [1.54, 1.807) is 12.1 Å². The smallest absolute Gasteiger partial charge is 0.411 e. The van der Waals surface area contributed by atoms with Gasteiger partial charge < -0.3 is 24.1 Å². The normalized spacial score (nSPS) is 25.0. The maximum absolute atomic E-state index is 13.0. The van der Waals surface area contributed by atoms with E-state index in [2.05, 4.69) is 23.7 Å². The Morgan fingerprint density at radius 3 is 2.41 bits per heavy atom. The number of nitrogens with zero attached hydrogens (tertiary/aromatic N) is 1. The highest BCUT2D eigenvalue weighted by Crippen LogP contribution is 2.42. The van der Waals surface area contributed by atoms with Crippen LogP contribution in [0.5, 0.6) is 0 Å². The van der Waals surface area contributed by atoms with Crippen LogP contribution in [-0.2, 0) is 30.3 Å². The molecule has 0 aromatic heterocycles. The molecule has 2 heterocycles. The molecule has 0 radical (unpaired) electrons. The lowest BCUT2D eigenvalue weighted by Crippen LogP contribution is -2.48. The maximum Gasteiger partial charge on any atom is 0.411 e. The molecule has 2 aromatic carbocycles. The van der Waals surface area contributed by atoms with Crippen LogP contribution < -0.4 is 5.32 Å². The molecule has 2 N–H and O–H groups in total. The van der Waals surface area contributed by atoms with Gasteiger partial charge in [0.1, 0.15) is 18.2 Å². The lowest BCUT2D eigenvalue weighted by Gasteiger charge is -2.43. The number of nitrogens with one attached hydrogen (secondary N) is 1. The van der Waals surface area contributed by atoms with Crippen LogP contribution in [0.3, 0.4) is 0 Å². The molecule has 1 amide bonds. The molecule has 2 aliphatic rings. The quantitative estimate of drug-likeness (QED) is 0.302. The van der Waals surface area contributed by atoms with Crippen molar-refractivity contribution in [2.24, 2.45) is 5.92 Å². The molecule has 2 aliphatic heterocycles. The van der Waals surface area contributed by atoms with Crippen molar-refractivity contribution in [1.29, 1.82) is 0 Å². The summed E-state index contributed by atoms with van der Waals surface area (Å²) in [5.41, 5.74) is 2.65. The first-order valence-electron chi connectivity index (χ1n) is 14.2. The second-order valence-electron chi connectivity index (χ2n) is 11.6. The number of aliphatic hydroxyl groups is 1. The van der Waals surface area contributed by atoms with Gasteiger partial charge in [-0.05, 0) is 63.4 Å². The molecule has 2 aromatic rings. The lowest BCUT2D eigenvalue weighted by molar-refractivity contribution is -0.276. The highest BCUT2D eigenvalue weighted by Gasteiger charge is 2.42. The Bertz CT molecular complexity index is 1180. The van der Waals surface area contributed by atoms with Crippen molar-refractivity contribution in [3.63, 3.8) is 0 Å². The Morgan fingerprint density at radius 2 is 1.78 bits per heavy atom. The van der Waals surface area contributed by atoms with Gasteiger partial charge in [-0.1, -0.05) is 56.0 Å². The number of hydrogen-bond acceptors (Lipinski definition) is 8. The minimum absolute atomic E-state index is 0.0216. The zero-order valence-corrected chi connectivity index (χ0v) is 24.4. The van der Waals surface area contributed by atoms with Crippen molar-refractivity contribution in [3.8, 4) is 0 Å². The predicted octanol–water partition coefficient (Wildman–Crippen LogP) is 5.51. The van der Waals surface area contributed by atoms with Crippen molar-refractivity contribution in [3.05, 3.63) is 77.9 Å². The molecule has 9 nitrogen and oxygen atoms in total. The number of esters is 1. The number of carbonyl (C=O) groups is 2. The Balaban J connectivity index is 1.54. The van der Waals surface area contributed by atoms with Crippen LogP contribution >= 0.6 is 0 Å². The van der Waals surface area contributed by atoms with Crippen molar-refractivity contribution >= 4 is 17.7 Å². The molecule has 5 atom stereocenters. The number of ether oxygens (including phenoxy) is 4. The average Bonchev–Trinajstić information content (AvgIpc) is 3.41. The third kappa shape index (κ3) is 8.16. The zero-order valence-electron chi connectivity index (χ0n) is 24.4. The van der Waals surface area contributed by atoms with Crippen molar-refractivity contribution in [2.45, 2.75) is 77.3 Å². The molecular formula is C32H42N2O7. The largest absolute Gasteiger partial charge is 0.459 e. The average molecular weight is 567 g/mol. The molecular weight excluding hydrogens is 524 g/mol. The standard InChI is InChI=1S/C32H42N2O7/c1-6-18-38-31(37)33-25-15-13-24(14-16-25)30-39-27(19-34-17-7-8-26(34)29(36)41-32(3,4)5)21(2)28(40-30)23-11-9-22(20-35)10-12-23/h6,9-16,21,26-28,30,35H,1,7-8,17-20H2,2-5H3,(H,33,37)/t21-,26+,27+,28+,30+/m1/s1. The van der Waals surface area contributed by atoms with Gasteiger partial charge in [-0.25, -0.2) is 4.79 Å². The Kier molecular flexibility index (Phi) is 10.2. The van der Waals surface area contributed by atoms with E-state index in [1.165, 1.54) is 6.08 Å². The molecule has 0 unspecified atom stereocenters. The van der Waals surface area contributed by atoms with Gasteiger partial charge >= 0.3 is 12.1 Å². The predicted molar refractivity (Wildman–Crippen MR) is 155 cm³/mol. The summed E-state index contributed by atoms with van der Waals surface area (Å²) in [6, 6.07) is 14.7. The number of anilines is 1. The van der Waals surface area contributed by atoms with Gasteiger partial charge in [0.25, 0.3) is 0 Å². The zero-order chi connectivity index (χ0) is 29.6. The summed E-state index contributed by atoms with van der Waals surface area (Å²) in [6.07, 6.45) is 1.44. The van der Waals surface area contributed by atoms with Gasteiger partial charge in [0.2, 0.25) is 0 Å². The van der Waals surface area contributed by atoms with E-state index in [0.717, 1.165) is 36.1 Å². The third-order valence-electron chi connectivity index (χ3n) is 7.34. The van der Waals surface area contributed by atoms with E-state index in [1.807, 2.05) is 57.2 Å². The fourth-order valence-corrected chi connectivity index (χ4v) is 5.25. The van der Waals surface area contributed by atoms with E-state index < -0.39 is 18.0 Å². The SMILES string of the molecule is C=CCOC(=O)Nc1ccc([C@H]2O[C@@H](CN3CCC[C@H]3C(=O)OC(C)(C)C)[C@@H](C)[C@@H](c3ccc(CO)cc3)O2)cc1. The highest BCUT2D eigenvalue weighted by molar-refractivity contribution is 5.84. The van der Waals surface area contributed by atoms with E-state index in [0.29, 0.717) is 12.2 Å².